The number of aromatic nitrogens is 2. The molecular formula is C28H32FN3O4. The minimum atomic E-state index is -0.713. The third kappa shape index (κ3) is 6.60. The molecule has 0 unspecified atom stereocenters. The van der Waals surface area contributed by atoms with Crippen LogP contribution in [0.4, 0.5) is 4.39 Å². The lowest BCUT2D eigenvalue weighted by atomic mass is 10.1. The topological polar surface area (TPSA) is 72.9 Å². The summed E-state index contributed by atoms with van der Waals surface area (Å²) in [6.45, 7) is 5.23. The third-order valence-electron chi connectivity index (χ3n) is 5.61. The van der Waals surface area contributed by atoms with Crippen LogP contribution in [0.2, 0.25) is 0 Å². The van der Waals surface area contributed by atoms with Gasteiger partial charge in [0.25, 0.3) is 0 Å². The number of furan rings is 1. The highest BCUT2D eigenvalue weighted by Crippen LogP contribution is 2.35. The summed E-state index contributed by atoms with van der Waals surface area (Å²) in [6.07, 6.45) is 0.926. The summed E-state index contributed by atoms with van der Waals surface area (Å²) in [5.41, 5.74) is 2.41. The molecule has 4 rings (SSSR count). The van der Waals surface area contributed by atoms with E-state index in [1.165, 1.54) is 6.07 Å². The van der Waals surface area contributed by atoms with Gasteiger partial charge in [0.05, 0.1) is 37.2 Å². The second-order valence-corrected chi connectivity index (χ2v) is 8.94. The van der Waals surface area contributed by atoms with Gasteiger partial charge in [0.1, 0.15) is 11.5 Å². The molecule has 0 radical (unpaired) electrons. The molecule has 0 saturated carbocycles. The van der Waals surface area contributed by atoms with E-state index >= 15 is 0 Å². The van der Waals surface area contributed by atoms with E-state index in [4.69, 9.17) is 19.0 Å². The Morgan fingerprint density at radius 2 is 1.78 bits per heavy atom. The monoisotopic (exact) mass is 493 g/mol. The number of aliphatic hydroxyl groups excluding tert-OH is 1. The summed E-state index contributed by atoms with van der Waals surface area (Å²) in [4.78, 5) is 2.05. The van der Waals surface area contributed by atoms with Crippen LogP contribution in [0.25, 0.3) is 11.3 Å². The minimum absolute atomic E-state index is 0.0157. The van der Waals surface area contributed by atoms with Crippen molar-refractivity contribution in [2.24, 2.45) is 7.05 Å². The SMILES string of the molecule is CC(C)OC[C@@H](O)CN(Cc1ccco1)Cc1c(-c2ccccc2)nn(C)c1Oc1ccccc1F. The van der Waals surface area contributed by atoms with E-state index in [9.17, 15) is 9.50 Å². The van der Waals surface area contributed by atoms with Crippen LogP contribution < -0.4 is 4.74 Å². The molecule has 0 aliphatic rings. The fraction of sp³-hybridized carbons (Fsp3) is 0.321. The van der Waals surface area contributed by atoms with Gasteiger partial charge in [-0.1, -0.05) is 42.5 Å². The first-order valence-electron chi connectivity index (χ1n) is 12.0. The van der Waals surface area contributed by atoms with Gasteiger partial charge in [0.2, 0.25) is 5.88 Å². The van der Waals surface area contributed by atoms with Crippen LogP contribution in [-0.2, 0) is 24.9 Å². The zero-order valence-corrected chi connectivity index (χ0v) is 20.8. The van der Waals surface area contributed by atoms with Crippen LogP contribution in [0.1, 0.15) is 25.2 Å². The summed E-state index contributed by atoms with van der Waals surface area (Å²) in [7, 11) is 1.77. The van der Waals surface area contributed by atoms with Crippen molar-refractivity contribution in [3.63, 3.8) is 0 Å². The molecule has 0 aliphatic carbocycles. The van der Waals surface area contributed by atoms with Crippen LogP contribution >= 0.6 is 0 Å². The van der Waals surface area contributed by atoms with E-state index in [0.29, 0.717) is 25.5 Å². The lowest BCUT2D eigenvalue weighted by Crippen LogP contribution is -2.35. The van der Waals surface area contributed by atoms with Gasteiger partial charge in [0.15, 0.2) is 11.6 Å². The van der Waals surface area contributed by atoms with Crippen molar-refractivity contribution in [1.82, 2.24) is 14.7 Å². The largest absolute Gasteiger partial charge is 0.468 e. The minimum Gasteiger partial charge on any atom is -0.468 e. The number of aliphatic hydroxyl groups is 1. The first-order chi connectivity index (χ1) is 17.4. The molecule has 0 bridgehead atoms. The summed E-state index contributed by atoms with van der Waals surface area (Å²) in [5, 5.41) is 15.4. The number of halogens is 1. The molecule has 4 aromatic rings. The van der Waals surface area contributed by atoms with E-state index in [-0.39, 0.29) is 18.5 Å². The molecule has 0 aliphatic heterocycles. The Bertz CT molecular complexity index is 1230. The van der Waals surface area contributed by atoms with Gasteiger partial charge in [-0.25, -0.2) is 9.07 Å². The number of ether oxygens (including phenoxy) is 2. The Morgan fingerprint density at radius 1 is 1.03 bits per heavy atom. The highest BCUT2D eigenvalue weighted by Gasteiger charge is 2.24. The number of aryl methyl sites for hydroxylation is 1. The van der Waals surface area contributed by atoms with Crippen molar-refractivity contribution in [3.05, 3.63) is 90.1 Å². The van der Waals surface area contributed by atoms with E-state index in [1.54, 1.807) is 36.2 Å². The maximum absolute atomic E-state index is 14.5. The van der Waals surface area contributed by atoms with E-state index in [0.717, 1.165) is 22.6 Å². The van der Waals surface area contributed by atoms with Gasteiger partial charge < -0.3 is 19.0 Å². The summed E-state index contributed by atoms with van der Waals surface area (Å²) in [5.74, 6) is 0.842. The van der Waals surface area contributed by atoms with Crippen molar-refractivity contribution in [2.45, 2.75) is 39.1 Å². The maximum atomic E-state index is 14.5. The Morgan fingerprint density at radius 3 is 2.47 bits per heavy atom. The first-order valence-corrected chi connectivity index (χ1v) is 12.0. The molecule has 2 aromatic carbocycles. The molecule has 0 fully saturated rings. The molecule has 7 nitrogen and oxygen atoms in total. The van der Waals surface area contributed by atoms with Crippen LogP contribution in [0.5, 0.6) is 11.6 Å². The molecule has 1 atom stereocenters. The van der Waals surface area contributed by atoms with Crippen LogP contribution in [0.3, 0.4) is 0 Å². The van der Waals surface area contributed by atoms with Gasteiger partial charge in [-0.2, -0.15) is 5.10 Å². The summed E-state index contributed by atoms with van der Waals surface area (Å²) >= 11 is 0. The fourth-order valence-electron chi connectivity index (χ4n) is 3.97. The number of nitrogens with zero attached hydrogens (tertiary/aromatic N) is 3. The van der Waals surface area contributed by atoms with E-state index < -0.39 is 11.9 Å². The highest BCUT2D eigenvalue weighted by molar-refractivity contribution is 5.65. The molecule has 0 spiro atoms. The molecule has 2 heterocycles. The smallest absolute Gasteiger partial charge is 0.222 e. The van der Waals surface area contributed by atoms with Crippen molar-refractivity contribution in [2.75, 3.05) is 13.2 Å². The van der Waals surface area contributed by atoms with Gasteiger partial charge in [-0.15, -0.1) is 0 Å². The molecule has 2 aromatic heterocycles. The van der Waals surface area contributed by atoms with Gasteiger partial charge in [-0.3, -0.25) is 4.90 Å². The number of benzene rings is 2. The molecule has 36 heavy (non-hydrogen) atoms. The maximum Gasteiger partial charge on any atom is 0.222 e. The molecule has 8 heteroatoms. The molecule has 1 N–H and O–H groups in total. The van der Waals surface area contributed by atoms with Gasteiger partial charge in [-0.05, 0) is 38.1 Å². The van der Waals surface area contributed by atoms with Crippen molar-refractivity contribution < 1.29 is 23.4 Å². The van der Waals surface area contributed by atoms with E-state index in [2.05, 4.69) is 0 Å². The second kappa shape index (κ2) is 12.0. The third-order valence-corrected chi connectivity index (χ3v) is 5.61. The van der Waals surface area contributed by atoms with Crippen LogP contribution in [0, 0.1) is 5.82 Å². The highest BCUT2D eigenvalue weighted by atomic mass is 19.1. The van der Waals surface area contributed by atoms with Crippen LogP contribution in [-0.4, -0.2) is 45.1 Å². The molecule has 190 valence electrons. The molecule has 0 amide bonds. The van der Waals surface area contributed by atoms with Crippen molar-refractivity contribution in [3.8, 4) is 22.9 Å². The van der Waals surface area contributed by atoms with Crippen molar-refractivity contribution in [1.29, 1.82) is 0 Å². The van der Waals surface area contributed by atoms with Gasteiger partial charge in [0, 0.05) is 25.7 Å². The average molecular weight is 494 g/mol. The van der Waals surface area contributed by atoms with E-state index in [1.807, 2.05) is 61.2 Å². The molecular weight excluding hydrogens is 461 g/mol. The Kier molecular flexibility index (Phi) is 8.53. The number of hydrogen-bond donors (Lipinski definition) is 1. The fourth-order valence-corrected chi connectivity index (χ4v) is 3.97. The Hall–Kier alpha value is -3.46. The summed E-state index contributed by atoms with van der Waals surface area (Å²) < 4.78 is 33.4. The van der Waals surface area contributed by atoms with Crippen molar-refractivity contribution >= 4 is 0 Å². The zero-order chi connectivity index (χ0) is 25.5. The average Bonchev–Trinajstić information content (AvgIpc) is 3.48. The Labute approximate surface area is 210 Å². The van der Waals surface area contributed by atoms with Crippen LogP contribution in [0.15, 0.2) is 77.4 Å². The normalized spacial score (nSPS) is 12.4. The lowest BCUT2D eigenvalue weighted by Gasteiger charge is -2.25. The molecule has 0 saturated heterocycles. The number of hydrogen-bond acceptors (Lipinski definition) is 6. The summed E-state index contributed by atoms with van der Waals surface area (Å²) in [6, 6.07) is 19.8. The number of rotatable bonds is 12. The Balaban J connectivity index is 1.70. The lowest BCUT2D eigenvalue weighted by molar-refractivity contribution is -0.0114. The first kappa shape index (κ1) is 25.6. The standard InChI is InChI=1S/C28H32FN3O4/c1-20(2)35-19-22(33)16-32(17-23-12-9-15-34-23)18-24-27(21-10-5-4-6-11-21)30-31(3)28(24)36-26-14-8-7-13-25(26)29/h4-15,20,22,33H,16-19H2,1-3H3/t22-/m0/s1. The second-order valence-electron chi connectivity index (χ2n) is 8.94. The van der Waals surface area contributed by atoms with Gasteiger partial charge >= 0.3 is 0 Å². The predicted octanol–water partition coefficient (Wildman–Crippen LogP) is 5.40. The predicted molar refractivity (Wildman–Crippen MR) is 135 cm³/mol. The number of para-hydroxylation sites is 1. The zero-order valence-electron chi connectivity index (χ0n) is 20.8. The quantitative estimate of drug-likeness (QED) is 0.285.